The largest absolute Gasteiger partial charge is 0.481 e. The highest BCUT2D eigenvalue weighted by atomic mass is 19.1. The van der Waals surface area contributed by atoms with Crippen LogP contribution in [-0.4, -0.2) is 57.0 Å². The number of alkyl halides is 1. The zero-order valence-corrected chi connectivity index (χ0v) is 27.2. The molecule has 0 unspecified atom stereocenters. The number of aromatic nitrogens is 2. The van der Waals surface area contributed by atoms with Crippen LogP contribution >= 0.6 is 0 Å². The van der Waals surface area contributed by atoms with Crippen LogP contribution in [-0.2, 0) is 16.0 Å². The molecule has 1 fully saturated rings. The first-order valence-corrected chi connectivity index (χ1v) is 15.5. The van der Waals surface area contributed by atoms with Crippen LogP contribution in [0, 0.1) is 39.4 Å². The number of carboxylic acids is 1. The quantitative estimate of drug-likeness (QED) is 0.265. The van der Waals surface area contributed by atoms with Crippen molar-refractivity contribution in [1.29, 1.82) is 0 Å². The molecule has 4 rings (SSSR count). The number of nitrogens with one attached hydrogen (secondary N) is 1. The van der Waals surface area contributed by atoms with Gasteiger partial charge in [0.05, 0.1) is 18.2 Å². The van der Waals surface area contributed by atoms with Crippen LogP contribution in [0.2, 0.25) is 0 Å². The van der Waals surface area contributed by atoms with Gasteiger partial charge >= 0.3 is 5.97 Å². The van der Waals surface area contributed by atoms with Gasteiger partial charge in [0.15, 0.2) is 0 Å². The Morgan fingerprint density at radius 2 is 1.69 bits per heavy atom. The molecule has 0 aliphatic carbocycles. The lowest BCUT2D eigenvalue weighted by Gasteiger charge is -2.42. The summed E-state index contributed by atoms with van der Waals surface area (Å²) in [4.78, 5) is 41.3. The van der Waals surface area contributed by atoms with Crippen molar-refractivity contribution < 1.29 is 23.5 Å². The standard InChI is InChI=1S/C35H44F2N4O4/c1-20(2)13-29(41-34(45)24(6)15-26(39-41)11-12-40-18-35(7,37)19-40)33(44)38-28(17-30(42)43)27-16-25(14-23(5)32(27)36)31-21(3)9-8-10-22(31)4/h8-10,14-16,20,28-29H,11-13,17-19H2,1-7H3,(H,38,44)(H,42,43)/t28-,29-/m0/s1. The highest BCUT2D eigenvalue weighted by molar-refractivity contribution is 5.82. The average molecular weight is 623 g/mol. The number of hydrogen-bond acceptors (Lipinski definition) is 5. The van der Waals surface area contributed by atoms with Crippen LogP contribution in [0.5, 0.6) is 0 Å². The molecule has 10 heteroatoms. The molecule has 0 radical (unpaired) electrons. The molecular formula is C35H44F2N4O4. The van der Waals surface area contributed by atoms with Gasteiger partial charge in [-0.25, -0.2) is 13.5 Å². The van der Waals surface area contributed by atoms with Gasteiger partial charge in [-0.05, 0) is 93.0 Å². The first-order valence-electron chi connectivity index (χ1n) is 15.5. The van der Waals surface area contributed by atoms with Crippen molar-refractivity contribution in [3.05, 3.63) is 86.1 Å². The summed E-state index contributed by atoms with van der Waals surface area (Å²) in [6.45, 7) is 13.8. The number of aliphatic carboxylic acids is 1. The van der Waals surface area contributed by atoms with Gasteiger partial charge in [-0.15, -0.1) is 0 Å². The predicted molar refractivity (Wildman–Crippen MR) is 171 cm³/mol. The van der Waals surface area contributed by atoms with Gasteiger partial charge in [0.25, 0.3) is 5.56 Å². The van der Waals surface area contributed by atoms with E-state index in [-0.39, 0.29) is 17.9 Å². The molecule has 1 amide bonds. The summed E-state index contributed by atoms with van der Waals surface area (Å²) >= 11 is 0. The van der Waals surface area contributed by atoms with Gasteiger partial charge < -0.3 is 10.4 Å². The highest BCUT2D eigenvalue weighted by Crippen LogP contribution is 2.33. The molecule has 242 valence electrons. The average Bonchev–Trinajstić information content (AvgIpc) is 2.92. The third-order valence-corrected chi connectivity index (χ3v) is 8.37. The molecule has 0 spiro atoms. The lowest BCUT2D eigenvalue weighted by Crippen LogP contribution is -2.57. The fourth-order valence-electron chi connectivity index (χ4n) is 6.27. The Morgan fingerprint density at radius 1 is 1.04 bits per heavy atom. The summed E-state index contributed by atoms with van der Waals surface area (Å²) in [5.74, 6) is -2.45. The number of nitrogens with zero attached hydrogens (tertiary/aromatic N) is 3. The van der Waals surface area contributed by atoms with Crippen LogP contribution in [0.25, 0.3) is 11.1 Å². The SMILES string of the molecule is Cc1cc(-c2c(C)cccc2C)cc([C@H](CC(=O)O)NC(=O)[C@H](CC(C)C)n2nc(CCN3CC(C)(F)C3)cc(C)c2=O)c1F. The number of benzene rings is 2. The van der Waals surface area contributed by atoms with Crippen LogP contribution in [0.1, 0.15) is 79.2 Å². The minimum Gasteiger partial charge on any atom is -0.481 e. The number of halogens is 2. The van der Waals surface area contributed by atoms with E-state index < -0.39 is 47.4 Å². The molecule has 0 bridgehead atoms. The molecule has 1 aliphatic rings. The molecule has 2 heterocycles. The summed E-state index contributed by atoms with van der Waals surface area (Å²) < 4.78 is 30.9. The fraction of sp³-hybridized carbons (Fsp3) is 0.486. The monoisotopic (exact) mass is 622 g/mol. The second-order valence-electron chi connectivity index (χ2n) is 13.2. The van der Waals surface area contributed by atoms with Crippen LogP contribution in [0.4, 0.5) is 8.78 Å². The second kappa shape index (κ2) is 13.6. The maximum Gasteiger partial charge on any atom is 0.305 e. The Kier molecular flexibility index (Phi) is 10.3. The first kappa shape index (κ1) is 34.0. The van der Waals surface area contributed by atoms with Crippen molar-refractivity contribution in [2.75, 3.05) is 19.6 Å². The molecule has 2 N–H and O–H groups in total. The maximum absolute atomic E-state index is 15.7. The number of rotatable bonds is 12. The van der Waals surface area contributed by atoms with Crippen molar-refractivity contribution in [2.24, 2.45) is 5.92 Å². The van der Waals surface area contributed by atoms with Gasteiger partial charge in [0.2, 0.25) is 5.91 Å². The Labute approximate surface area is 263 Å². The normalized spacial score (nSPS) is 15.9. The smallest absolute Gasteiger partial charge is 0.305 e. The van der Waals surface area contributed by atoms with Crippen molar-refractivity contribution >= 4 is 11.9 Å². The molecule has 0 saturated carbocycles. The number of hydrogen-bond donors (Lipinski definition) is 2. The van der Waals surface area contributed by atoms with Crippen molar-refractivity contribution in [1.82, 2.24) is 20.0 Å². The predicted octanol–water partition coefficient (Wildman–Crippen LogP) is 5.79. The number of amides is 1. The number of carbonyl (C=O) groups is 2. The Morgan fingerprint density at radius 3 is 2.27 bits per heavy atom. The van der Waals surface area contributed by atoms with Gasteiger partial charge in [-0.1, -0.05) is 32.0 Å². The minimum absolute atomic E-state index is 0.0222. The molecule has 1 aromatic heterocycles. The summed E-state index contributed by atoms with van der Waals surface area (Å²) in [5.41, 5.74) is 3.34. The van der Waals surface area contributed by atoms with Crippen molar-refractivity contribution in [3.8, 4) is 11.1 Å². The third kappa shape index (κ3) is 8.03. The summed E-state index contributed by atoms with van der Waals surface area (Å²) in [5, 5.41) is 17.1. The van der Waals surface area contributed by atoms with E-state index in [1.54, 1.807) is 39.0 Å². The lowest BCUT2D eigenvalue weighted by atomic mass is 9.90. The number of carbonyl (C=O) groups excluding carboxylic acids is 1. The van der Waals surface area contributed by atoms with Crippen molar-refractivity contribution in [2.45, 2.75) is 85.5 Å². The number of likely N-dealkylation sites (tertiary alicyclic amines) is 1. The van der Waals surface area contributed by atoms with Crippen LogP contribution in [0.15, 0.2) is 41.2 Å². The van der Waals surface area contributed by atoms with E-state index in [4.69, 9.17) is 0 Å². The molecule has 2 atom stereocenters. The molecule has 1 saturated heterocycles. The van der Waals surface area contributed by atoms with Crippen LogP contribution in [0.3, 0.4) is 0 Å². The van der Waals surface area contributed by atoms with E-state index in [1.165, 1.54) is 4.68 Å². The van der Waals surface area contributed by atoms with E-state index in [0.717, 1.165) is 22.3 Å². The zero-order valence-electron chi connectivity index (χ0n) is 27.2. The van der Waals surface area contributed by atoms with Gasteiger partial charge in [0.1, 0.15) is 17.5 Å². The maximum atomic E-state index is 15.7. The summed E-state index contributed by atoms with van der Waals surface area (Å²) in [6, 6.07) is 8.60. The summed E-state index contributed by atoms with van der Waals surface area (Å²) in [7, 11) is 0. The Hall–Kier alpha value is -3.92. The van der Waals surface area contributed by atoms with E-state index in [0.29, 0.717) is 42.9 Å². The molecule has 45 heavy (non-hydrogen) atoms. The zero-order chi connectivity index (χ0) is 33.2. The molecular weight excluding hydrogens is 578 g/mol. The van der Waals surface area contributed by atoms with E-state index in [9.17, 15) is 23.9 Å². The summed E-state index contributed by atoms with van der Waals surface area (Å²) in [6.07, 6.45) is 0.152. The van der Waals surface area contributed by atoms with Gasteiger partial charge in [0, 0.05) is 37.2 Å². The van der Waals surface area contributed by atoms with E-state index >= 15 is 4.39 Å². The van der Waals surface area contributed by atoms with Crippen LogP contribution < -0.4 is 10.9 Å². The second-order valence-corrected chi connectivity index (χ2v) is 13.2. The molecule has 1 aliphatic heterocycles. The number of aryl methyl sites for hydroxylation is 4. The topological polar surface area (TPSA) is 105 Å². The first-order chi connectivity index (χ1) is 21.1. The fourth-order valence-corrected chi connectivity index (χ4v) is 6.27. The van der Waals surface area contributed by atoms with Gasteiger partial charge in [-0.2, -0.15) is 5.10 Å². The Bertz CT molecular complexity index is 1620. The molecule has 8 nitrogen and oxygen atoms in total. The molecule has 3 aromatic rings. The molecule has 2 aromatic carbocycles. The Balaban J connectivity index is 1.70. The lowest BCUT2D eigenvalue weighted by molar-refractivity contribution is -0.138. The van der Waals surface area contributed by atoms with E-state index in [2.05, 4.69) is 10.4 Å². The van der Waals surface area contributed by atoms with Gasteiger partial charge in [-0.3, -0.25) is 19.3 Å². The van der Waals surface area contributed by atoms with Crippen molar-refractivity contribution in [3.63, 3.8) is 0 Å². The minimum atomic E-state index is -1.21. The third-order valence-electron chi connectivity index (χ3n) is 8.37. The number of carboxylic acid groups (broad SMARTS) is 1. The highest BCUT2D eigenvalue weighted by Gasteiger charge is 2.38. The van der Waals surface area contributed by atoms with E-state index in [1.807, 2.05) is 50.8 Å².